The Kier molecular flexibility index (Phi) is 4.42. The lowest BCUT2D eigenvalue weighted by Gasteiger charge is -1.96. The summed E-state index contributed by atoms with van der Waals surface area (Å²) in [5.41, 5.74) is 0. The summed E-state index contributed by atoms with van der Waals surface area (Å²) in [6.45, 7) is 2.31. The van der Waals surface area contributed by atoms with Crippen LogP contribution in [0.1, 0.15) is 13.3 Å². The maximum absolute atomic E-state index is 10.4. The molecule has 0 aromatic carbocycles. The van der Waals surface area contributed by atoms with Crippen LogP contribution in [0.15, 0.2) is 0 Å². The predicted molar refractivity (Wildman–Crippen MR) is 34.6 cm³/mol. The molecule has 8 heavy (non-hydrogen) atoms. The molecule has 0 aromatic rings. The van der Waals surface area contributed by atoms with Crippen molar-refractivity contribution in [2.45, 2.75) is 19.7 Å². The fourth-order valence-electron chi connectivity index (χ4n) is 0.437. The molecule has 0 fully saturated rings. The zero-order valence-electron chi connectivity index (χ0n) is 5.44. The van der Waals surface area contributed by atoms with Gasteiger partial charge in [0, 0.05) is 6.42 Å². The molecule has 0 saturated heterocycles. The van der Waals surface area contributed by atoms with Crippen LogP contribution in [0.25, 0.3) is 0 Å². The van der Waals surface area contributed by atoms with Crippen molar-refractivity contribution in [2.75, 3.05) is 6.61 Å². The van der Waals surface area contributed by atoms with Crippen molar-refractivity contribution >= 4 is 13.8 Å². The topological polar surface area (TPSA) is 26.3 Å². The molecule has 0 amide bonds. The highest BCUT2D eigenvalue weighted by molar-refractivity contribution is 6.09. The van der Waals surface area contributed by atoms with Gasteiger partial charge in [0.2, 0.25) is 0 Å². The van der Waals surface area contributed by atoms with E-state index in [0.717, 1.165) is 6.32 Å². The van der Waals surface area contributed by atoms with Gasteiger partial charge < -0.3 is 4.74 Å². The predicted octanol–water partition coefficient (Wildman–Crippen LogP) is -0.00900. The molecule has 0 aliphatic rings. The Morgan fingerprint density at radius 2 is 2.38 bits per heavy atom. The third-order valence-corrected chi connectivity index (χ3v) is 0.759. The minimum absolute atomic E-state index is 0.0880. The summed E-state index contributed by atoms with van der Waals surface area (Å²) in [6.07, 6.45) is 1.42. The molecule has 0 aromatic heterocycles. The highest BCUT2D eigenvalue weighted by Gasteiger charge is 1.95. The van der Waals surface area contributed by atoms with Crippen LogP contribution in [0.5, 0.6) is 0 Å². The van der Waals surface area contributed by atoms with Crippen LogP contribution >= 0.6 is 0 Å². The van der Waals surface area contributed by atoms with Gasteiger partial charge in [-0.2, -0.15) is 0 Å². The Labute approximate surface area is 50.6 Å². The lowest BCUT2D eigenvalue weighted by atomic mass is 10.0. The second-order valence-electron chi connectivity index (χ2n) is 1.56. The van der Waals surface area contributed by atoms with E-state index in [2.05, 4.69) is 4.74 Å². The average molecular weight is 114 g/mol. The molecule has 0 aliphatic carbocycles. The molecule has 0 saturated carbocycles. The van der Waals surface area contributed by atoms with Gasteiger partial charge in [0.15, 0.2) is 0 Å². The molecule has 0 aliphatic heterocycles. The van der Waals surface area contributed by atoms with E-state index in [1.807, 2.05) is 14.8 Å². The van der Waals surface area contributed by atoms with Crippen LogP contribution in [0.3, 0.4) is 0 Å². The van der Waals surface area contributed by atoms with E-state index in [9.17, 15) is 4.79 Å². The first-order valence-electron chi connectivity index (χ1n) is 2.96. The molecule has 0 spiro atoms. The average Bonchev–Trinajstić information content (AvgIpc) is 1.68. The van der Waals surface area contributed by atoms with Crippen molar-refractivity contribution in [2.24, 2.45) is 0 Å². The second-order valence-corrected chi connectivity index (χ2v) is 1.56. The third kappa shape index (κ3) is 3.72. The Hall–Kier alpha value is -0.465. The van der Waals surface area contributed by atoms with E-state index in [1.54, 1.807) is 0 Å². The minimum Gasteiger partial charge on any atom is -0.466 e. The smallest absolute Gasteiger partial charge is 0.305 e. The summed E-state index contributed by atoms with van der Waals surface area (Å²) < 4.78 is 4.64. The van der Waals surface area contributed by atoms with E-state index in [-0.39, 0.29) is 5.97 Å². The Morgan fingerprint density at radius 3 is 2.75 bits per heavy atom. The van der Waals surface area contributed by atoms with Crippen molar-refractivity contribution < 1.29 is 9.53 Å². The molecule has 0 N–H and O–H groups in total. The standard InChI is InChI=1S/C5H11BO2/c1-2-8-5(7)3-4-6/h2-4,6H2,1H3. The summed E-state index contributed by atoms with van der Waals surface area (Å²) in [5.74, 6) is -0.0880. The van der Waals surface area contributed by atoms with Crippen molar-refractivity contribution in [3.05, 3.63) is 0 Å². The first-order chi connectivity index (χ1) is 3.81. The molecule has 2 nitrogen and oxygen atoms in total. The van der Waals surface area contributed by atoms with E-state index in [4.69, 9.17) is 0 Å². The van der Waals surface area contributed by atoms with E-state index < -0.39 is 0 Å². The maximum atomic E-state index is 10.4. The fourth-order valence-corrected chi connectivity index (χ4v) is 0.437. The van der Waals surface area contributed by atoms with Crippen LogP contribution < -0.4 is 0 Å². The SMILES string of the molecule is BCCC(=O)OCC. The normalized spacial score (nSPS) is 8.62. The van der Waals surface area contributed by atoms with Crippen LogP contribution in [0.2, 0.25) is 6.32 Å². The van der Waals surface area contributed by atoms with Crippen LogP contribution in [0.4, 0.5) is 0 Å². The Bertz CT molecular complexity index is 64.8. The summed E-state index contributed by atoms with van der Waals surface area (Å²) >= 11 is 0. The molecule has 0 rings (SSSR count). The number of hydrogen-bond acceptors (Lipinski definition) is 2. The van der Waals surface area contributed by atoms with Gasteiger partial charge in [-0.05, 0) is 6.92 Å². The number of rotatable bonds is 3. The maximum Gasteiger partial charge on any atom is 0.305 e. The first-order valence-corrected chi connectivity index (χ1v) is 2.96. The number of carbonyl (C=O) groups is 1. The zero-order chi connectivity index (χ0) is 6.41. The third-order valence-electron chi connectivity index (χ3n) is 0.759. The summed E-state index contributed by atoms with van der Waals surface area (Å²) in [4.78, 5) is 10.4. The Morgan fingerprint density at radius 1 is 1.75 bits per heavy atom. The molecular formula is C5H11BO2. The first kappa shape index (κ1) is 7.53. The van der Waals surface area contributed by atoms with Crippen LogP contribution in [0, 0.1) is 0 Å². The molecule has 0 bridgehead atoms. The number of ether oxygens (including phenoxy) is 1. The van der Waals surface area contributed by atoms with Gasteiger partial charge in [0.05, 0.1) is 6.61 Å². The zero-order valence-corrected chi connectivity index (χ0v) is 5.44. The molecule has 3 heteroatoms. The molecule has 0 radical (unpaired) electrons. The van der Waals surface area contributed by atoms with E-state index in [0.29, 0.717) is 13.0 Å². The van der Waals surface area contributed by atoms with Crippen LogP contribution in [-0.4, -0.2) is 20.4 Å². The lowest BCUT2D eigenvalue weighted by Crippen LogP contribution is -2.02. The van der Waals surface area contributed by atoms with Crippen molar-refractivity contribution in [3.63, 3.8) is 0 Å². The highest BCUT2D eigenvalue weighted by atomic mass is 16.5. The molecular weight excluding hydrogens is 103 g/mol. The fraction of sp³-hybridized carbons (Fsp3) is 0.800. The minimum atomic E-state index is -0.0880. The van der Waals surface area contributed by atoms with Crippen molar-refractivity contribution in [1.29, 1.82) is 0 Å². The molecule has 46 valence electrons. The summed E-state index contributed by atoms with van der Waals surface area (Å²) in [5, 5.41) is 0. The molecule has 0 atom stereocenters. The number of hydrogen-bond donors (Lipinski definition) is 0. The number of esters is 1. The highest BCUT2D eigenvalue weighted by Crippen LogP contribution is 1.87. The molecule has 0 heterocycles. The monoisotopic (exact) mass is 114 g/mol. The van der Waals surface area contributed by atoms with Gasteiger partial charge in [0.25, 0.3) is 0 Å². The van der Waals surface area contributed by atoms with Gasteiger partial charge in [-0.1, -0.05) is 6.32 Å². The van der Waals surface area contributed by atoms with Gasteiger partial charge in [-0.15, -0.1) is 0 Å². The molecule has 0 unspecified atom stereocenters. The van der Waals surface area contributed by atoms with Gasteiger partial charge in [-0.25, -0.2) is 0 Å². The van der Waals surface area contributed by atoms with Gasteiger partial charge in [-0.3, -0.25) is 4.79 Å². The quantitative estimate of drug-likeness (QED) is 0.381. The second kappa shape index (κ2) is 4.69. The van der Waals surface area contributed by atoms with Crippen LogP contribution in [-0.2, 0) is 9.53 Å². The lowest BCUT2D eigenvalue weighted by molar-refractivity contribution is -0.142. The van der Waals surface area contributed by atoms with Gasteiger partial charge >= 0.3 is 5.97 Å². The summed E-state index contributed by atoms with van der Waals surface area (Å²) in [7, 11) is 1.96. The summed E-state index contributed by atoms with van der Waals surface area (Å²) in [6, 6.07) is 0. The van der Waals surface area contributed by atoms with Crippen molar-refractivity contribution in [1.82, 2.24) is 0 Å². The largest absolute Gasteiger partial charge is 0.466 e. The van der Waals surface area contributed by atoms with Crippen molar-refractivity contribution in [3.8, 4) is 0 Å². The van der Waals surface area contributed by atoms with E-state index in [1.165, 1.54) is 0 Å². The Balaban J connectivity index is 3.06. The number of carbonyl (C=O) groups excluding carboxylic acids is 1. The van der Waals surface area contributed by atoms with E-state index >= 15 is 0 Å². The van der Waals surface area contributed by atoms with Gasteiger partial charge in [0.1, 0.15) is 7.85 Å².